The molecule has 1 aromatic carbocycles. The molecule has 1 aliphatic carbocycles. The number of methoxy groups -OCH3 is 1. The van der Waals surface area contributed by atoms with Crippen molar-refractivity contribution in [3.05, 3.63) is 35.4 Å². The molecule has 0 atom stereocenters. The summed E-state index contributed by atoms with van der Waals surface area (Å²) in [6, 6.07) is 8.63. The summed E-state index contributed by atoms with van der Waals surface area (Å²) >= 11 is 0. The lowest BCUT2D eigenvalue weighted by Gasteiger charge is -2.12. The van der Waals surface area contributed by atoms with E-state index < -0.39 is 0 Å². The van der Waals surface area contributed by atoms with Gasteiger partial charge in [0.15, 0.2) is 0 Å². The van der Waals surface area contributed by atoms with Crippen molar-refractivity contribution < 1.29 is 9.53 Å². The Hall–Kier alpha value is -1.39. The third-order valence-corrected chi connectivity index (χ3v) is 3.18. The summed E-state index contributed by atoms with van der Waals surface area (Å²) in [6.07, 6.45) is 1.89. The zero-order valence-corrected chi connectivity index (χ0v) is 10.7. The number of nitrogens with one attached hydrogen (secondary N) is 2. The van der Waals surface area contributed by atoms with E-state index >= 15 is 0 Å². The Labute approximate surface area is 108 Å². The third-order valence-electron chi connectivity index (χ3n) is 3.18. The zero-order valence-electron chi connectivity index (χ0n) is 10.7. The van der Waals surface area contributed by atoms with Gasteiger partial charge in [-0.05, 0) is 24.0 Å². The molecule has 2 rings (SSSR count). The van der Waals surface area contributed by atoms with Crippen molar-refractivity contribution in [2.24, 2.45) is 0 Å². The van der Waals surface area contributed by atoms with Gasteiger partial charge in [-0.2, -0.15) is 0 Å². The molecule has 4 nitrogen and oxygen atoms in total. The van der Waals surface area contributed by atoms with Crippen molar-refractivity contribution in [3.8, 4) is 0 Å². The lowest BCUT2D eigenvalue weighted by molar-refractivity contribution is -0.120. The van der Waals surface area contributed by atoms with E-state index in [1.54, 1.807) is 7.11 Å². The van der Waals surface area contributed by atoms with Crippen LogP contribution >= 0.6 is 0 Å². The van der Waals surface area contributed by atoms with Crippen LogP contribution < -0.4 is 10.6 Å². The average Bonchev–Trinajstić information content (AvgIpc) is 2.76. The average molecular weight is 248 g/mol. The normalized spacial score (nSPS) is 14.5. The van der Waals surface area contributed by atoms with E-state index in [9.17, 15) is 4.79 Å². The number of fused-ring (bicyclic) bond motifs is 1. The highest BCUT2D eigenvalue weighted by atomic mass is 16.5. The van der Waals surface area contributed by atoms with Gasteiger partial charge in [-0.15, -0.1) is 0 Å². The SMILES string of the molecule is COCCNCC(=O)NC1Cc2ccccc2C1. The number of amides is 1. The maximum absolute atomic E-state index is 11.7. The second kappa shape index (κ2) is 6.52. The molecule has 0 heterocycles. The molecule has 0 bridgehead atoms. The van der Waals surface area contributed by atoms with Gasteiger partial charge in [0, 0.05) is 19.7 Å². The number of rotatable bonds is 6. The molecule has 0 aliphatic heterocycles. The topological polar surface area (TPSA) is 50.4 Å². The highest BCUT2D eigenvalue weighted by molar-refractivity contribution is 5.78. The van der Waals surface area contributed by atoms with E-state index in [1.807, 2.05) is 0 Å². The largest absolute Gasteiger partial charge is 0.383 e. The number of carbonyl (C=O) groups is 1. The molecule has 2 N–H and O–H groups in total. The molecule has 0 unspecified atom stereocenters. The van der Waals surface area contributed by atoms with Gasteiger partial charge in [0.1, 0.15) is 0 Å². The lowest BCUT2D eigenvalue weighted by atomic mass is 10.1. The van der Waals surface area contributed by atoms with Crippen molar-refractivity contribution in [1.29, 1.82) is 0 Å². The molecule has 0 fully saturated rings. The maximum atomic E-state index is 11.7. The summed E-state index contributed by atoms with van der Waals surface area (Å²) in [5, 5.41) is 6.10. The van der Waals surface area contributed by atoms with Crippen molar-refractivity contribution in [1.82, 2.24) is 10.6 Å². The van der Waals surface area contributed by atoms with Gasteiger partial charge in [-0.1, -0.05) is 24.3 Å². The Balaban J connectivity index is 1.71. The Morgan fingerprint density at radius 1 is 1.33 bits per heavy atom. The number of ether oxygens (including phenoxy) is 1. The van der Waals surface area contributed by atoms with Crippen LogP contribution in [0.5, 0.6) is 0 Å². The van der Waals surface area contributed by atoms with Crippen LogP contribution in [0.4, 0.5) is 0 Å². The molecule has 18 heavy (non-hydrogen) atoms. The van der Waals surface area contributed by atoms with Gasteiger partial charge >= 0.3 is 0 Å². The number of carbonyl (C=O) groups excluding carboxylic acids is 1. The first-order chi connectivity index (χ1) is 8.79. The molecule has 0 saturated heterocycles. The summed E-state index contributed by atoms with van der Waals surface area (Å²) in [5.74, 6) is 0.0592. The first-order valence-corrected chi connectivity index (χ1v) is 6.35. The molecule has 98 valence electrons. The number of benzene rings is 1. The fraction of sp³-hybridized carbons (Fsp3) is 0.500. The summed E-state index contributed by atoms with van der Waals surface area (Å²) in [5.41, 5.74) is 2.71. The van der Waals surface area contributed by atoms with Gasteiger partial charge in [-0.3, -0.25) is 4.79 Å². The summed E-state index contributed by atoms with van der Waals surface area (Å²) in [7, 11) is 1.65. The van der Waals surface area contributed by atoms with E-state index in [-0.39, 0.29) is 11.9 Å². The highest BCUT2D eigenvalue weighted by Gasteiger charge is 2.21. The minimum Gasteiger partial charge on any atom is -0.383 e. The lowest BCUT2D eigenvalue weighted by Crippen LogP contribution is -2.41. The molecule has 1 aromatic rings. The van der Waals surface area contributed by atoms with E-state index in [1.165, 1.54) is 11.1 Å². The van der Waals surface area contributed by atoms with Gasteiger partial charge in [0.2, 0.25) is 5.91 Å². The van der Waals surface area contributed by atoms with Gasteiger partial charge in [-0.25, -0.2) is 0 Å². The second-order valence-corrected chi connectivity index (χ2v) is 4.61. The molecule has 0 aromatic heterocycles. The van der Waals surface area contributed by atoms with E-state index in [0.29, 0.717) is 19.7 Å². The quantitative estimate of drug-likeness (QED) is 0.721. The van der Waals surface area contributed by atoms with E-state index in [2.05, 4.69) is 34.9 Å². The Bertz CT molecular complexity index is 382. The Morgan fingerprint density at radius 3 is 2.61 bits per heavy atom. The Kier molecular flexibility index (Phi) is 4.73. The number of hydrogen-bond acceptors (Lipinski definition) is 3. The van der Waals surface area contributed by atoms with Gasteiger partial charge < -0.3 is 15.4 Å². The smallest absolute Gasteiger partial charge is 0.234 e. The van der Waals surface area contributed by atoms with Crippen molar-refractivity contribution in [2.75, 3.05) is 26.8 Å². The van der Waals surface area contributed by atoms with Crippen LogP contribution in [0.1, 0.15) is 11.1 Å². The van der Waals surface area contributed by atoms with Crippen LogP contribution in [0.25, 0.3) is 0 Å². The molecule has 1 amide bonds. The van der Waals surface area contributed by atoms with Crippen molar-refractivity contribution in [2.45, 2.75) is 18.9 Å². The minimum atomic E-state index is 0.0592. The summed E-state index contributed by atoms with van der Waals surface area (Å²) in [4.78, 5) is 11.7. The van der Waals surface area contributed by atoms with Crippen LogP contribution in [-0.2, 0) is 22.4 Å². The van der Waals surface area contributed by atoms with Gasteiger partial charge in [0.25, 0.3) is 0 Å². The first kappa shape index (κ1) is 13.1. The molecule has 1 aliphatic rings. The molecule has 0 saturated carbocycles. The monoisotopic (exact) mass is 248 g/mol. The third kappa shape index (κ3) is 3.55. The minimum absolute atomic E-state index is 0.0592. The first-order valence-electron chi connectivity index (χ1n) is 6.35. The molecular weight excluding hydrogens is 228 g/mol. The fourth-order valence-electron chi connectivity index (χ4n) is 2.32. The maximum Gasteiger partial charge on any atom is 0.234 e. The van der Waals surface area contributed by atoms with Crippen LogP contribution in [0.15, 0.2) is 24.3 Å². The molecule has 0 spiro atoms. The molecular formula is C14H20N2O2. The van der Waals surface area contributed by atoms with Crippen LogP contribution in [0, 0.1) is 0 Å². The molecule has 0 radical (unpaired) electrons. The van der Waals surface area contributed by atoms with Crippen molar-refractivity contribution >= 4 is 5.91 Å². The van der Waals surface area contributed by atoms with Crippen LogP contribution in [-0.4, -0.2) is 38.8 Å². The standard InChI is InChI=1S/C14H20N2O2/c1-18-7-6-15-10-14(17)16-13-8-11-4-2-3-5-12(11)9-13/h2-5,13,15H,6-10H2,1H3,(H,16,17). The predicted molar refractivity (Wildman–Crippen MR) is 70.5 cm³/mol. The number of hydrogen-bond donors (Lipinski definition) is 2. The fourth-order valence-corrected chi connectivity index (χ4v) is 2.32. The zero-order chi connectivity index (χ0) is 12.8. The highest BCUT2D eigenvalue weighted by Crippen LogP contribution is 2.21. The van der Waals surface area contributed by atoms with Gasteiger partial charge in [0.05, 0.1) is 13.2 Å². The Morgan fingerprint density at radius 2 is 2.00 bits per heavy atom. The second-order valence-electron chi connectivity index (χ2n) is 4.61. The molecule has 4 heteroatoms. The predicted octanol–water partition coefficient (Wildman–Crippen LogP) is 0.506. The van der Waals surface area contributed by atoms with E-state index in [4.69, 9.17) is 4.74 Å². The summed E-state index contributed by atoms with van der Waals surface area (Å²) < 4.78 is 4.91. The van der Waals surface area contributed by atoms with Crippen LogP contribution in [0.2, 0.25) is 0 Å². The van der Waals surface area contributed by atoms with E-state index in [0.717, 1.165) is 12.8 Å². The van der Waals surface area contributed by atoms with Crippen LogP contribution in [0.3, 0.4) is 0 Å². The van der Waals surface area contributed by atoms with Crippen molar-refractivity contribution in [3.63, 3.8) is 0 Å². The summed E-state index contributed by atoms with van der Waals surface area (Å²) in [6.45, 7) is 1.69.